The first kappa shape index (κ1) is 23.7. The normalized spacial score (nSPS) is 15.2. The summed E-state index contributed by atoms with van der Waals surface area (Å²) in [6, 6.07) is 11.5. The van der Waals surface area contributed by atoms with E-state index in [-0.39, 0.29) is 16.2 Å². The average Bonchev–Trinajstić information content (AvgIpc) is 3.35. The number of nitrogens with one attached hydrogen (secondary N) is 1. The lowest BCUT2D eigenvalue weighted by atomic mass is 10.1. The summed E-state index contributed by atoms with van der Waals surface area (Å²) < 4.78 is 37.9. The van der Waals surface area contributed by atoms with Gasteiger partial charge in [-0.05, 0) is 62.1 Å². The summed E-state index contributed by atoms with van der Waals surface area (Å²) in [7, 11) is -2.44. The smallest absolute Gasteiger partial charge is 0.338 e. The van der Waals surface area contributed by atoms with Crippen molar-refractivity contribution < 1.29 is 27.5 Å². The summed E-state index contributed by atoms with van der Waals surface area (Å²) in [5.74, 6) is -1.13. The molecule has 0 bridgehead atoms. The number of esters is 1. The zero-order chi connectivity index (χ0) is 23.3. The van der Waals surface area contributed by atoms with Gasteiger partial charge in [0.2, 0.25) is 10.0 Å². The number of hydrogen-bond acceptors (Lipinski definition) is 6. The van der Waals surface area contributed by atoms with E-state index in [9.17, 15) is 18.0 Å². The van der Waals surface area contributed by atoms with Crippen molar-refractivity contribution >= 4 is 27.6 Å². The van der Waals surface area contributed by atoms with Gasteiger partial charge in [0.1, 0.15) is 10.6 Å². The van der Waals surface area contributed by atoms with E-state index >= 15 is 0 Å². The highest BCUT2D eigenvalue weighted by Crippen LogP contribution is 2.30. The maximum atomic E-state index is 13.0. The number of hydrogen-bond donors (Lipinski definition) is 1. The summed E-state index contributed by atoms with van der Waals surface area (Å²) in [5, 5.41) is 2.70. The lowest BCUT2D eigenvalue weighted by Crippen LogP contribution is -2.30. The molecule has 172 valence electrons. The van der Waals surface area contributed by atoms with Crippen molar-refractivity contribution in [2.24, 2.45) is 0 Å². The molecule has 0 aromatic heterocycles. The second kappa shape index (κ2) is 10.1. The molecule has 1 unspecified atom stereocenters. The second-order valence-electron chi connectivity index (χ2n) is 7.56. The third-order valence-corrected chi connectivity index (χ3v) is 7.28. The molecule has 1 amide bonds. The molecular weight excluding hydrogens is 432 g/mol. The van der Waals surface area contributed by atoms with Crippen molar-refractivity contribution in [3.63, 3.8) is 0 Å². The maximum Gasteiger partial charge on any atom is 0.338 e. The number of methoxy groups -OCH3 is 1. The molecule has 2 aromatic rings. The molecule has 3 rings (SSSR count). The van der Waals surface area contributed by atoms with Crippen LogP contribution in [0.4, 0.5) is 5.69 Å². The topological polar surface area (TPSA) is 102 Å². The van der Waals surface area contributed by atoms with Crippen molar-refractivity contribution in [2.45, 2.75) is 44.1 Å². The first-order valence-corrected chi connectivity index (χ1v) is 12.0. The Kier molecular flexibility index (Phi) is 7.52. The molecule has 0 spiro atoms. The fraction of sp³-hybridized carbons (Fsp3) is 0.391. The second-order valence-corrected chi connectivity index (χ2v) is 9.47. The van der Waals surface area contributed by atoms with E-state index in [0.717, 1.165) is 24.8 Å². The van der Waals surface area contributed by atoms with E-state index in [4.69, 9.17) is 9.47 Å². The SMILES string of the molecule is CCc1ccc(NC(=O)C(C)OC(=O)c2ccc(OC)c(S(=O)(=O)N3CCCC3)c2)cc1. The zero-order valence-corrected chi connectivity index (χ0v) is 19.3. The maximum absolute atomic E-state index is 13.0. The van der Waals surface area contributed by atoms with Crippen molar-refractivity contribution in [2.75, 3.05) is 25.5 Å². The van der Waals surface area contributed by atoms with Gasteiger partial charge in [0.05, 0.1) is 12.7 Å². The predicted octanol–water partition coefficient (Wildman–Crippen LogP) is 3.23. The van der Waals surface area contributed by atoms with Crippen LogP contribution in [0.25, 0.3) is 0 Å². The molecule has 9 heteroatoms. The van der Waals surface area contributed by atoms with Crippen LogP contribution in [0, 0.1) is 0 Å². The Morgan fingerprint density at radius 3 is 2.34 bits per heavy atom. The summed E-state index contributed by atoms with van der Waals surface area (Å²) in [4.78, 5) is 25.0. The van der Waals surface area contributed by atoms with E-state index in [1.807, 2.05) is 19.1 Å². The summed E-state index contributed by atoms with van der Waals surface area (Å²) in [6.07, 6.45) is 1.39. The van der Waals surface area contributed by atoms with Gasteiger partial charge in [-0.1, -0.05) is 19.1 Å². The van der Waals surface area contributed by atoms with E-state index in [1.165, 1.54) is 36.5 Å². The Balaban J connectivity index is 1.73. The van der Waals surface area contributed by atoms with E-state index in [1.54, 1.807) is 12.1 Å². The number of aryl methyl sites for hydroxylation is 1. The lowest BCUT2D eigenvalue weighted by Gasteiger charge is -2.18. The zero-order valence-electron chi connectivity index (χ0n) is 18.5. The third-order valence-electron chi connectivity index (χ3n) is 5.36. The number of sulfonamides is 1. The molecule has 0 saturated carbocycles. The molecule has 8 nitrogen and oxygen atoms in total. The Morgan fingerprint density at radius 2 is 1.75 bits per heavy atom. The van der Waals surface area contributed by atoms with Gasteiger partial charge in [0.25, 0.3) is 5.91 Å². The van der Waals surface area contributed by atoms with Crippen molar-refractivity contribution in [1.82, 2.24) is 4.31 Å². The Labute approximate surface area is 188 Å². The summed E-state index contributed by atoms with van der Waals surface area (Å²) in [5.41, 5.74) is 1.76. The summed E-state index contributed by atoms with van der Waals surface area (Å²) in [6.45, 7) is 4.35. The fourth-order valence-electron chi connectivity index (χ4n) is 3.42. The van der Waals surface area contributed by atoms with Gasteiger partial charge in [0, 0.05) is 18.8 Å². The van der Waals surface area contributed by atoms with E-state index in [2.05, 4.69) is 5.32 Å². The highest BCUT2D eigenvalue weighted by Gasteiger charge is 2.31. The molecule has 0 aliphatic carbocycles. The molecule has 1 fully saturated rings. The van der Waals surface area contributed by atoms with Crippen LogP contribution in [-0.4, -0.2) is 50.9 Å². The van der Waals surface area contributed by atoms with Gasteiger partial charge in [-0.2, -0.15) is 4.31 Å². The minimum absolute atomic E-state index is 0.0236. The fourth-order valence-corrected chi connectivity index (χ4v) is 5.12. The van der Waals surface area contributed by atoms with Crippen LogP contribution in [0.1, 0.15) is 42.6 Å². The molecule has 1 heterocycles. The standard InChI is InChI=1S/C23H28N2O6S/c1-4-17-7-10-19(11-8-17)24-22(26)16(2)31-23(27)18-9-12-20(30-3)21(15-18)32(28,29)25-13-5-6-14-25/h7-12,15-16H,4-6,13-14H2,1-3H3,(H,24,26). The highest BCUT2D eigenvalue weighted by atomic mass is 32.2. The van der Waals surface area contributed by atoms with E-state index in [0.29, 0.717) is 18.8 Å². The van der Waals surface area contributed by atoms with Crippen LogP contribution in [-0.2, 0) is 26.0 Å². The van der Waals surface area contributed by atoms with Gasteiger partial charge in [-0.25, -0.2) is 13.2 Å². The lowest BCUT2D eigenvalue weighted by molar-refractivity contribution is -0.123. The Morgan fingerprint density at radius 1 is 1.09 bits per heavy atom. The number of carbonyl (C=O) groups excluding carboxylic acids is 2. The molecule has 0 radical (unpaired) electrons. The molecule has 1 atom stereocenters. The Hall–Kier alpha value is -2.91. The number of anilines is 1. The van der Waals surface area contributed by atoms with Gasteiger partial charge in [-0.3, -0.25) is 4.79 Å². The molecular formula is C23H28N2O6S. The van der Waals surface area contributed by atoms with Gasteiger partial charge in [-0.15, -0.1) is 0 Å². The van der Waals surface area contributed by atoms with Crippen LogP contribution in [0.15, 0.2) is 47.4 Å². The molecule has 1 aliphatic rings. The monoisotopic (exact) mass is 460 g/mol. The first-order chi connectivity index (χ1) is 15.3. The van der Waals surface area contributed by atoms with Crippen LogP contribution in [0.3, 0.4) is 0 Å². The van der Waals surface area contributed by atoms with Crippen LogP contribution in [0.5, 0.6) is 5.75 Å². The largest absolute Gasteiger partial charge is 0.495 e. The van der Waals surface area contributed by atoms with E-state index < -0.39 is 28.0 Å². The van der Waals surface area contributed by atoms with Crippen LogP contribution < -0.4 is 10.1 Å². The molecule has 1 N–H and O–H groups in total. The number of ether oxygens (including phenoxy) is 2. The highest BCUT2D eigenvalue weighted by molar-refractivity contribution is 7.89. The molecule has 32 heavy (non-hydrogen) atoms. The van der Waals surface area contributed by atoms with Crippen molar-refractivity contribution in [3.8, 4) is 5.75 Å². The predicted molar refractivity (Wildman–Crippen MR) is 120 cm³/mol. The van der Waals surface area contributed by atoms with Crippen LogP contribution in [0.2, 0.25) is 0 Å². The van der Waals surface area contributed by atoms with Crippen LogP contribution >= 0.6 is 0 Å². The quantitative estimate of drug-likeness (QED) is 0.607. The average molecular weight is 461 g/mol. The Bertz CT molecular complexity index is 1080. The van der Waals surface area contributed by atoms with Crippen molar-refractivity contribution in [3.05, 3.63) is 53.6 Å². The van der Waals surface area contributed by atoms with Gasteiger partial charge < -0.3 is 14.8 Å². The number of benzene rings is 2. The molecule has 1 saturated heterocycles. The summed E-state index contributed by atoms with van der Waals surface area (Å²) >= 11 is 0. The third kappa shape index (κ3) is 5.28. The van der Waals surface area contributed by atoms with Gasteiger partial charge in [0.15, 0.2) is 6.10 Å². The van der Waals surface area contributed by atoms with Crippen molar-refractivity contribution in [1.29, 1.82) is 0 Å². The number of carbonyl (C=O) groups is 2. The number of amides is 1. The number of nitrogens with zero attached hydrogens (tertiary/aromatic N) is 1. The molecule has 1 aliphatic heterocycles. The molecule has 2 aromatic carbocycles. The minimum atomic E-state index is -3.81. The number of rotatable bonds is 8. The minimum Gasteiger partial charge on any atom is -0.495 e. The first-order valence-electron chi connectivity index (χ1n) is 10.5. The van der Waals surface area contributed by atoms with Gasteiger partial charge >= 0.3 is 5.97 Å².